The van der Waals surface area contributed by atoms with Crippen LogP contribution >= 0.6 is 0 Å². The summed E-state index contributed by atoms with van der Waals surface area (Å²) in [5, 5.41) is 11.8. The van der Waals surface area contributed by atoms with E-state index in [-0.39, 0.29) is 23.9 Å². The normalized spacial score (nSPS) is 20.6. The summed E-state index contributed by atoms with van der Waals surface area (Å²) in [5.41, 5.74) is 0.0355. The molecule has 2 amide bonds. The summed E-state index contributed by atoms with van der Waals surface area (Å²) in [6.45, 7) is 7.42. The molecule has 1 rings (SSSR count). The van der Waals surface area contributed by atoms with E-state index in [2.05, 4.69) is 26.1 Å². The number of nitrogens with one attached hydrogen (secondary N) is 1. The van der Waals surface area contributed by atoms with Crippen LogP contribution in [0.4, 0.5) is 4.79 Å². The van der Waals surface area contributed by atoms with Gasteiger partial charge in [0.2, 0.25) is 0 Å². The van der Waals surface area contributed by atoms with Gasteiger partial charge in [0.15, 0.2) is 0 Å². The molecule has 1 saturated heterocycles. The second-order valence-electron chi connectivity index (χ2n) is 6.16. The number of carbonyl (C=O) groups excluding carboxylic acids is 1. The van der Waals surface area contributed by atoms with Gasteiger partial charge in [-0.2, -0.15) is 0 Å². The number of hydrogen-bond acceptors (Lipinski definition) is 2. The first-order valence-corrected chi connectivity index (χ1v) is 6.56. The number of carboxylic acids is 1. The molecule has 104 valence electrons. The molecule has 1 atom stereocenters. The minimum atomic E-state index is -0.837. The molecule has 2 N–H and O–H groups in total. The summed E-state index contributed by atoms with van der Waals surface area (Å²) in [5.74, 6) is -0.837. The van der Waals surface area contributed by atoms with Gasteiger partial charge in [0, 0.05) is 19.1 Å². The first kappa shape index (κ1) is 14.8. The molecule has 5 nitrogen and oxygen atoms in total. The summed E-state index contributed by atoms with van der Waals surface area (Å²) in [7, 11) is 0. The molecule has 1 aliphatic heterocycles. The van der Waals surface area contributed by atoms with E-state index >= 15 is 0 Å². The van der Waals surface area contributed by atoms with Crippen molar-refractivity contribution >= 4 is 12.0 Å². The Hall–Kier alpha value is -1.26. The molecular formula is C13H24N2O3. The van der Waals surface area contributed by atoms with Crippen LogP contribution in [0.5, 0.6) is 0 Å². The average molecular weight is 256 g/mol. The van der Waals surface area contributed by atoms with Gasteiger partial charge in [-0.3, -0.25) is 4.79 Å². The maximum absolute atomic E-state index is 12.1. The zero-order valence-corrected chi connectivity index (χ0v) is 11.5. The highest BCUT2D eigenvalue weighted by Gasteiger charge is 2.28. The van der Waals surface area contributed by atoms with Crippen LogP contribution in [0, 0.1) is 5.41 Å². The predicted molar refractivity (Wildman–Crippen MR) is 69.5 cm³/mol. The van der Waals surface area contributed by atoms with Crippen molar-refractivity contribution < 1.29 is 14.7 Å². The van der Waals surface area contributed by atoms with Gasteiger partial charge >= 0.3 is 12.0 Å². The number of likely N-dealkylation sites (tertiary alicyclic amines) is 1. The van der Waals surface area contributed by atoms with Gasteiger partial charge in [-0.05, 0) is 24.7 Å². The average Bonchev–Trinajstić information content (AvgIpc) is 2.25. The molecule has 0 spiro atoms. The molecule has 1 fully saturated rings. The third-order valence-electron chi connectivity index (χ3n) is 3.07. The minimum absolute atomic E-state index is 0.0355. The molecule has 0 saturated carbocycles. The molecule has 0 aromatic heterocycles. The van der Waals surface area contributed by atoms with Gasteiger partial charge in [-0.15, -0.1) is 0 Å². The van der Waals surface area contributed by atoms with Crippen molar-refractivity contribution in [1.82, 2.24) is 10.2 Å². The molecule has 5 heteroatoms. The number of carboxylic acid groups (broad SMARTS) is 1. The lowest BCUT2D eigenvalue weighted by molar-refractivity contribution is -0.138. The SMILES string of the molecule is CC(C)(C)CNC(=O)N1CCCCC1CC(=O)O. The molecule has 1 aliphatic rings. The van der Waals surface area contributed by atoms with Crippen LogP contribution in [0.25, 0.3) is 0 Å². The Labute approximate surface area is 109 Å². The third kappa shape index (κ3) is 4.94. The number of carbonyl (C=O) groups is 2. The van der Waals surface area contributed by atoms with Crippen molar-refractivity contribution in [3.8, 4) is 0 Å². The number of hydrogen-bond donors (Lipinski definition) is 2. The molecule has 0 radical (unpaired) electrons. The number of urea groups is 1. The zero-order chi connectivity index (χ0) is 13.8. The zero-order valence-electron chi connectivity index (χ0n) is 11.5. The lowest BCUT2D eigenvalue weighted by Crippen LogP contribution is -2.50. The van der Waals surface area contributed by atoms with E-state index in [4.69, 9.17) is 5.11 Å². The summed E-state index contributed by atoms with van der Waals surface area (Å²) >= 11 is 0. The summed E-state index contributed by atoms with van der Waals surface area (Å²) < 4.78 is 0. The number of nitrogens with zero attached hydrogens (tertiary/aromatic N) is 1. The highest BCUT2D eigenvalue weighted by Crippen LogP contribution is 2.20. The van der Waals surface area contributed by atoms with Crippen LogP contribution in [0.15, 0.2) is 0 Å². The van der Waals surface area contributed by atoms with Crippen LogP contribution in [-0.2, 0) is 4.79 Å². The van der Waals surface area contributed by atoms with Gasteiger partial charge in [0.05, 0.1) is 6.42 Å². The maximum Gasteiger partial charge on any atom is 0.317 e. The van der Waals surface area contributed by atoms with Crippen molar-refractivity contribution in [3.63, 3.8) is 0 Å². The number of aliphatic carboxylic acids is 1. The van der Waals surface area contributed by atoms with E-state index in [1.165, 1.54) is 0 Å². The predicted octanol–water partition coefficient (Wildman–Crippen LogP) is 2.07. The van der Waals surface area contributed by atoms with Gasteiger partial charge in [0.25, 0.3) is 0 Å². The highest BCUT2D eigenvalue weighted by atomic mass is 16.4. The van der Waals surface area contributed by atoms with Gasteiger partial charge in [0.1, 0.15) is 0 Å². The molecule has 0 aliphatic carbocycles. The maximum atomic E-state index is 12.1. The standard InChI is InChI=1S/C13H24N2O3/c1-13(2,3)9-14-12(18)15-7-5-4-6-10(15)8-11(16)17/h10H,4-9H2,1-3H3,(H,14,18)(H,16,17). The topological polar surface area (TPSA) is 69.6 Å². The Balaban J connectivity index is 2.54. The van der Waals surface area contributed by atoms with Crippen molar-refractivity contribution in [2.45, 2.75) is 52.5 Å². The third-order valence-corrected chi connectivity index (χ3v) is 3.07. The summed E-state index contributed by atoms with van der Waals surface area (Å²) in [6.07, 6.45) is 2.79. The van der Waals surface area contributed by atoms with Crippen molar-refractivity contribution in [1.29, 1.82) is 0 Å². The number of amides is 2. The molecule has 0 aromatic carbocycles. The van der Waals surface area contributed by atoms with E-state index in [0.29, 0.717) is 13.1 Å². The largest absolute Gasteiger partial charge is 0.481 e. The van der Waals surface area contributed by atoms with Crippen LogP contribution in [0.1, 0.15) is 46.5 Å². The molecule has 0 bridgehead atoms. The second-order valence-corrected chi connectivity index (χ2v) is 6.16. The van der Waals surface area contributed by atoms with E-state index < -0.39 is 5.97 Å². The Morgan fingerprint density at radius 3 is 2.56 bits per heavy atom. The summed E-state index contributed by atoms with van der Waals surface area (Å²) in [6, 6.07) is -0.285. The molecule has 0 aromatic rings. The number of piperidine rings is 1. The Kier molecular flexibility index (Phi) is 4.99. The van der Waals surface area contributed by atoms with Gasteiger partial charge < -0.3 is 15.3 Å². The molecule has 1 unspecified atom stereocenters. The van der Waals surface area contributed by atoms with Crippen LogP contribution in [-0.4, -0.2) is 41.1 Å². The Bertz CT molecular complexity index is 310. The van der Waals surface area contributed by atoms with E-state index in [1.54, 1.807) is 4.90 Å². The fourth-order valence-electron chi connectivity index (χ4n) is 2.12. The Morgan fingerprint density at radius 1 is 1.33 bits per heavy atom. The van der Waals surface area contributed by atoms with E-state index in [1.807, 2.05) is 0 Å². The molecular weight excluding hydrogens is 232 g/mol. The van der Waals surface area contributed by atoms with E-state index in [0.717, 1.165) is 19.3 Å². The number of rotatable bonds is 3. The smallest absolute Gasteiger partial charge is 0.317 e. The monoisotopic (exact) mass is 256 g/mol. The van der Waals surface area contributed by atoms with Gasteiger partial charge in [-0.25, -0.2) is 4.79 Å². The quantitative estimate of drug-likeness (QED) is 0.812. The van der Waals surface area contributed by atoms with E-state index in [9.17, 15) is 9.59 Å². The lowest BCUT2D eigenvalue weighted by atomic mass is 9.97. The van der Waals surface area contributed by atoms with Crippen molar-refractivity contribution in [3.05, 3.63) is 0 Å². The molecule has 1 heterocycles. The minimum Gasteiger partial charge on any atom is -0.481 e. The van der Waals surface area contributed by atoms with Crippen LogP contribution in [0.3, 0.4) is 0 Å². The first-order valence-electron chi connectivity index (χ1n) is 6.56. The van der Waals surface area contributed by atoms with Crippen molar-refractivity contribution in [2.24, 2.45) is 5.41 Å². The fraction of sp³-hybridized carbons (Fsp3) is 0.846. The highest BCUT2D eigenvalue weighted by molar-refractivity contribution is 5.76. The summed E-state index contributed by atoms with van der Waals surface area (Å²) in [4.78, 5) is 24.5. The van der Waals surface area contributed by atoms with Crippen LogP contribution in [0.2, 0.25) is 0 Å². The lowest BCUT2D eigenvalue weighted by Gasteiger charge is -2.35. The van der Waals surface area contributed by atoms with Crippen molar-refractivity contribution in [2.75, 3.05) is 13.1 Å². The molecule has 18 heavy (non-hydrogen) atoms. The second kappa shape index (κ2) is 6.07. The Morgan fingerprint density at radius 2 is 2.00 bits per heavy atom. The van der Waals surface area contributed by atoms with Gasteiger partial charge in [-0.1, -0.05) is 20.8 Å². The first-order chi connectivity index (χ1) is 8.29. The fourth-order valence-corrected chi connectivity index (χ4v) is 2.12. The van der Waals surface area contributed by atoms with Crippen LogP contribution < -0.4 is 5.32 Å².